The molecule has 0 radical (unpaired) electrons. The highest BCUT2D eigenvalue weighted by Crippen LogP contribution is 2.26. The minimum atomic E-state index is -0.767. The van der Waals surface area contributed by atoms with Crippen molar-refractivity contribution in [2.24, 2.45) is 0 Å². The zero-order chi connectivity index (χ0) is 13.1. The average molecular weight is 244 g/mol. The summed E-state index contributed by atoms with van der Waals surface area (Å²) >= 11 is 0. The van der Waals surface area contributed by atoms with Crippen LogP contribution in [0.25, 0.3) is 0 Å². The van der Waals surface area contributed by atoms with Crippen LogP contribution in [0.3, 0.4) is 0 Å². The van der Waals surface area contributed by atoms with Gasteiger partial charge in [0.1, 0.15) is 11.9 Å². The summed E-state index contributed by atoms with van der Waals surface area (Å²) in [7, 11) is 0. The Balaban J connectivity index is 2.41. The van der Waals surface area contributed by atoms with Crippen LogP contribution in [0.2, 0.25) is 0 Å². The number of hydrogen-bond acceptors (Lipinski definition) is 1. The van der Waals surface area contributed by atoms with Gasteiger partial charge in [-0.25, -0.2) is 4.39 Å². The Bertz CT molecular complexity index is 549. The van der Waals surface area contributed by atoms with Crippen LogP contribution >= 0.6 is 0 Å². The monoisotopic (exact) mass is 244 g/mol. The molecule has 2 aromatic carbocycles. The SMILES string of the molecule is CCc1ccccc1C(O)c1ccc(C)c(F)c1. The third kappa shape index (κ3) is 2.44. The Kier molecular flexibility index (Phi) is 3.78. The van der Waals surface area contributed by atoms with E-state index >= 15 is 0 Å². The van der Waals surface area contributed by atoms with Crippen molar-refractivity contribution in [2.75, 3.05) is 0 Å². The van der Waals surface area contributed by atoms with E-state index in [0.717, 1.165) is 17.5 Å². The summed E-state index contributed by atoms with van der Waals surface area (Å²) in [6, 6.07) is 12.6. The molecular weight excluding hydrogens is 227 g/mol. The zero-order valence-corrected chi connectivity index (χ0v) is 10.7. The Morgan fingerprint density at radius 1 is 1.17 bits per heavy atom. The number of rotatable bonds is 3. The van der Waals surface area contributed by atoms with Gasteiger partial charge in [-0.15, -0.1) is 0 Å². The van der Waals surface area contributed by atoms with Crippen LogP contribution in [0, 0.1) is 12.7 Å². The van der Waals surface area contributed by atoms with Crippen molar-refractivity contribution in [3.05, 3.63) is 70.5 Å². The van der Waals surface area contributed by atoms with Gasteiger partial charge in [0.2, 0.25) is 0 Å². The van der Waals surface area contributed by atoms with Gasteiger partial charge in [0.05, 0.1) is 0 Å². The van der Waals surface area contributed by atoms with Gasteiger partial charge >= 0.3 is 0 Å². The topological polar surface area (TPSA) is 20.2 Å². The lowest BCUT2D eigenvalue weighted by Gasteiger charge is -2.15. The lowest BCUT2D eigenvalue weighted by atomic mass is 9.95. The normalized spacial score (nSPS) is 12.4. The molecule has 0 spiro atoms. The summed E-state index contributed by atoms with van der Waals surface area (Å²) in [5, 5.41) is 10.4. The van der Waals surface area contributed by atoms with E-state index in [4.69, 9.17) is 0 Å². The van der Waals surface area contributed by atoms with Gasteiger partial charge in [-0.2, -0.15) is 0 Å². The summed E-state index contributed by atoms with van der Waals surface area (Å²) in [6.07, 6.45) is 0.0814. The third-order valence-electron chi connectivity index (χ3n) is 3.24. The van der Waals surface area contributed by atoms with Gasteiger partial charge in [-0.1, -0.05) is 43.3 Å². The average Bonchev–Trinajstić information content (AvgIpc) is 2.41. The minimum Gasteiger partial charge on any atom is -0.384 e. The number of benzene rings is 2. The standard InChI is InChI=1S/C16H17FO/c1-3-12-6-4-5-7-14(12)16(18)13-9-8-11(2)15(17)10-13/h4-10,16,18H,3H2,1-2H3. The van der Waals surface area contributed by atoms with Crippen molar-refractivity contribution in [3.63, 3.8) is 0 Å². The van der Waals surface area contributed by atoms with Crippen molar-refractivity contribution in [3.8, 4) is 0 Å². The number of halogens is 1. The fraction of sp³-hybridized carbons (Fsp3) is 0.250. The summed E-state index contributed by atoms with van der Waals surface area (Å²) in [5.41, 5.74) is 3.13. The van der Waals surface area contributed by atoms with Gasteiger partial charge in [-0.05, 0) is 41.7 Å². The van der Waals surface area contributed by atoms with Crippen molar-refractivity contribution in [2.45, 2.75) is 26.4 Å². The molecule has 0 heterocycles. The van der Waals surface area contributed by atoms with Gasteiger partial charge in [0, 0.05) is 0 Å². The second-order valence-corrected chi connectivity index (χ2v) is 4.46. The first-order chi connectivity index (χ1) is 8.63. The van der Waals surface area contributed by atoms with Gasteiger partial charge < -0.3 is 5.11 Å². The van der Waals surface area contributed by atoms with Crippen LogP contribution in [-0.2, 0) is 6.42 Å². The molecule has 18 heavy (non-hydrogen) atoms. The predicted molar refractivity (Wildman–Crippen MR) is 71.0 cm³/mol. The largest absolute Gasteiger partial charge is 0.384 e. The Morgan fingerprint density at radius 3 is 2.56 bits per heavy atom. The lowest BCUT2D eigenvalue weighted by Crippen LogP contribution is -2.04. The first-order valence-electron chi connectivity index (χ1n) is 6.15. The molecule has 94 valence electrons. The number of aliphatic hydroxyl groups is 1. The molecule has 0 aliphatic heterocycles. The quantitative estimate of drug-likeness (QED) is 0.871. The van der Waals surface area contributed by atoms with E-state index in [1.54, 1.807) is 19.1 Å². The Labute approximate surface area is 107 Å². The van der Waals surface area contributed by atoms with Gasteiger partial charge in [-0.3, -0.25) is 0 Å². The van der Waals surface area contributed by atoms with Gasteiger partial charge in [0.25, 0.3) is 0 Å². The highest BCUT2D eigenvalue weighted by Gasteiger charge is 2.14. The lowest BCUT2D eigenvalue weighted by molar-refractivity contribution is 0.218. The van der Waals surface area contributed by atoms with E-state index < -0.39 is 6.10 Å². The summed E-state index contributed by atoms with van der Waals surface area (Å²) in [5.74, 6) is -0.277. The molecule has 2 rings (SSSR count). The van der Waals surface area contributed by atoms with E-state index in [9.17, 15) is 9.50 Å². The van der Waals surface area contributed by atoms with Crippen molar-refractivity contribution in [1.29, 1.82) is 0 Å². The van der Waals surface area contributed by atoms with E-state index in [1.165, 1.54) is 6.07 Å². The smallest absolute Gasteiger partial charge is 0.126 e. The molecule has 0 saturated carbocycles. The molecule has 1 nitrogen and oxygen atoms in total. The van der Waals surface area contributed by atoms with Gasteiger partial charge in [0.15, 0.2) is 0 Å². The summed E-state index contributed by atoms with van der Waals surface area (Å²) in [4.78, 5) is 0. The Hall–Kier alpha value is -1.67. The molecule has 1 N–H and O–H groups in total. The van der Waals surface area contributed by atoms with E-state index in [-0.39, 0.29) is 5.82 Å². The third-order valence-corrected chi connectivity index (χ3v) is 3.24. The summed E-state index contributed by atoms with van der Waals surface area (Å²) < 4.78 is 13.5. The molecule has 0 aromatic heterocycles. The molecule has 0 fully saturated rings. The van der Waals surface area contributed by atoms with Crippen LogP contribution in [-0.4, -0.2) is 5.11 Å². The zero-order valence-electron chi connectivity index (χ0n) is 10.7. The first-order valence-corrected chi connectivity index (χ1v) is 6.15. The molecule has 1 unspecified atom stereocenters. The molecule has 0 amide bonds. The molecule has 0 aliphatic rings. The van der Waals surface area contributed by atoms with E-state index in [2.05, 4.69) is 0 Å². The van der Waals surface area contributed by atoms with Crippen LogP contribution in [0.5, 0.6) is 0 Å². The highest BCUT2D eigenvalue weighted by molar-refractivity contribution is 5.37. The molecule has 2 aromatic rings. The molecule has 0 bridgehead atoms. The number of aryl methyl sites for hydroxylation is 2. The second kappa shape index (κ2) is 5.32. The fourth-order valence-electron chi connectivity index (χ4n) is 2.08. The highest BCUT2D eigenvalue weighted by atomic mass is 19.1. The maximum atomic E-state index is 13.5. The maximum Gasteiger partial charge on any atom is 0.126 e. The van der Waals surface area contributed by atoms with Crippen LogP contribution < -0.4 is 0 Å². The summed E-state index contributed by atoms with van der Waals surface area (Å²) in [6.45, 7) is 3.76. The fourth-order valence-corrected chi connectivity index (χ4v) is 2.08. The molecule has 0 saturated heterocycles. The van der Waals surface area contributed by atoms with E-state index in [0.29, 0.717) is 11.1 Å². The first kappa shape index (κ1) is 12.8. The molecule has 2 heteroatoms. The van der Waals surface area contributed by atoms with Crippen molar-refractivity contribution in [1.82, 2.24) is 0 Å². The van der Waals surface area contributed by atoms with Crippen molar-refractivity contribution < 1.29 is 9.50 Å². The number of aliphatic hydroxyl groups excluding tert-OH is 1. The maximum absolute atomic E-state index is 13.5. The van der Waals surface area contributed by atoms with Crippen LogP contribution in [0.1, 0.15) is 35.3 Å². The van der Waals surface area contributed by atoms with Crippen LogP contribution in [0.4, 0.5) is 4.39 Å². The van der Waals surface area contributed by atoms with Crippen LogP contribution in [0.15, 0.2) is 42.5 Å². The number of hydrogen-bond donors (Lipinski definition) is 1. The Morgan fingerprint density at radius 2 is 1.89 bits per heavy atom. The second-order valence-electron chi connectivity index (χ2n) is 4.46. The molecule has 1 atom stereocenters. The van der Waals surface area contributed by atoms with E-state index in [1.807, 2.05) is 31.2 Å². The molecule has 0 aliphatic carbocycles. The molecular formula is C16H17FO. The predicted octanol–water partition coefficient (Wildman–Crippen LogP) is 3.78. The van der Waals surface area contributed by atoms with Crippen molar-refractivity contribution >= 4 is 0 Å². The minimum absolute atomic E-state index is 0.277.